The first-order valence-electron chi connectivity index (χ1n) is 11.3. The summed E-state index contributed by atoms with van der Waals surface area (Å²) in [7, 11) is 0. The van der Waals surface area contributed by atoms with Crippen molar-refractivity contribution in [1.82, 2.24) is 9.97 Å². The van der Waals surface area contributed by atoms with Crippen LogP contribution in [0.25, 0.3) is 22.3 Å². The summed E-state index contributed by atoms with van der Waals surface area (Å²) in [5, 5.41) is 30.1. The molecule has 3 fully saturated rings. The smallest absolute Gasteiger partial charge is 0.212 e. The third-order valence-electron chi connectivity index (χ3n) is 6.72. The van der Waals surface area contributed by atoms with Gasteiger partial charge in [0.15, 0.2) is 6.10 Å². The predicted molar refractivity (Wildman–Crippen MR) is 124 cm³/mol. The molecule has 0 saturated carbocycles. The van der Waals surface area contributed by atoms with E-state index in [2.05, 4.69) is 16.0 Å². The van der Waals surface area contributed by atoms with Crippen LogP contribution in [0.4, 0.5) is 5.69 Å². The summed E-state index contributed by atoms with van der Waals surface area (Å²) in [6.45, 7) is 1.90. The first-order valence-corrected chi connectivity index (χ1v) is 11.6. The molecule has 5 atom stereocenters. The highest BCUT2D eigenvalue weighted by molar-refractivity contribution is 6.33. The van der Waals surface area contributed by atoms with Crippen molar-refractivity contribution in [1.29, 1.82) is 5.26 Å². The van der Waals surface area contributed by atoms with Crippen molar-refractivity contribution in [3.05, 3.63) is 40.9 Å². The lowest BCUT2D eigenvalue weighted by molar-refractivity contribution is 0.00789. The van der Waals surface area contributed by atoms with Gasteiger partial charge in [0, 0.05) is 24.3 Å². The second-order valence-electron chi connectivity index (χ2n) is 8.91. The number of anilines is 1. The molecule has 34 heavy (non-hydrogen) atoms. The molecule has 3 saturated heterocycles. The Morgan fingerprint density at radius 2 is 1.97 bits per heavy atom. The molecular weight excluding hydrogens is 460 g/mol. The number of aliphatic hydroxyl groups is 2. The quantitative estimate of drug-likeness (QED) is 0.517. The fourth-order valence-corrected chi connectivity index (χ4v) is 5.22. The van der Waals surface area contributed by atoms with Crippen molar-refractivity contribution in [2.75, 3.05) is 31.2 Å². The minimum absolute atomic E-state index is 0.199. The zero-order valence-corrected chi connectivity index (χ0v) is 18.9. The highest BCUT2D eigenvalue weighted by atomic mass is 35.5. The van der Waals surface area contributed by atoms with Gasteiger partial charge < -0.3 is 34.3 Å². The number of rotatable bonds is 4. The van der Waals surface area contributed by atoms with Crippen molar-refractivity contribution < 1.29 is 24.4 Å². The summed E-state index contributed by atoms with van der Waals surface area (Å²) in [6.07, 6.45) is -1.47. The third-order valence-corrected chi connectivity index (χ3v) is 7.01. The van der Waals surface area contributed by atoms with Gasteiger partial charge in [0.2, 0.25) is 5.88 Å². The molecule has 0 bridgehead atoms. The van der Waals surface area contributed by atoms with E-state index in [4.69, 9.17) is 30.8 Å². The van der Waals surface area contributed by atoms with Gasteiger partial charge in [-0.3, -0.25) is 0 Å². The largest absolute Gasteiger partial charge is 0.469 e. The molecule has 176 valence electrons. The maximum atomic E-state index is 9.95. The van der Waals surface area contributed by atoms with Gasteiger partial charge in [-0.1, -0.05) is 23.7 Å². The van der Waals surface area contributed by atoms with E-state index in [0.717, 1.165) is 24.2 Å². The van der Waals surface area contributed by atoms with Gasteiger partial charge in [-0.15, -0.1) is 0 Å². The third kappa shape index (κ3) is 3.59. The molecule has 3 aliphatic rings. The number of aromatic nitrogens is 2. The standard InChI is InChI=1S/C24H23ClN4O5/c25-16-7-17-21(28-20(16)12-1-3-13(4-2-12)29-6-5-14(30)9-29)15(8-26)24(27-17)34-19-11-33-22-18(31)10-32-23(19)22/h1-4,7,14,18-19,22-23,27,30-31H,5-6,9-11H2/t14-,18+,19+,22+,23+/m0/s1. The highest BCUT2D eigenvalue weighted by Gasteiger charge is 2.48. The molecule has 9 nitrogen and oxygen atoms in total. The van der Waals surface area contributed by atoms with E-state index >= 15 is 0 Å². The molecule has 3 N–H and O–H groups in total. The number of fused-ring (bicyclic) bond motifs is 2. The van der Waals surface area contributed by atoms with Crippen LogP contribution in [0.3, 0.4) is 0 Å². The summed E-state index contributed by atoms with van der Waals surface area (Å²) in [4.78, 5) is 9.95. The van der Waals surface area contributed by atoms with E-state index in [1.165, 1.54) is 0 Å². The maximum absolute atomic E-state index is 9.95. The number of benzene rings is 1. The summed E-state index contributed by atoms with van der Waals surface area (Å²) in [5.41, 5.74) is 3.75. The van der Waals surface area contributed by atoms with Crippen LogP contribution >= 0.6 is 11.6 Å². The Balaban J connectivity index is 1.30. The number of aromatic amines is 1. The molecule has 5 heterocycles. The molecule has 0 radical (unpaired) electrons. The lowest BCUT2D eigenvalue weighted by Crippen LogP contribution is -2.34. The molecule has 1 aromatic carbocycles. The normalized spacial score (nSPS) is 28.4. The minimum atomic E-state index is -0.679. The van der Waals surface area contributed by atoms with E-state index in [0.29, 0.717) is 28.3 Å². The Hall–Kier alpha value is -2.87. The SMILES string of the molecule is N#Cc1c(O[C@@H]2CO[C@H]3[C@@H]2OC[C@H]3O)[nH]c2cc(Cl)c(-c3ccc(N4CC[C@H](O)C4)cc3)nc12. The average Bonchev–Trinajstić information content (AvgIpc) is 3.60. The molecule has 0 aliphatic carbocycles. The van der Waals surface area contributed by atoms with Crippen LogP contribution in [0.2, 0.25) is 5.02 Å². The highest BCUT2D eigenvalue weighted by Crippen LogP contribution is 2.36. The van der Waals surface area contributed by atoms with Crippen molar-refractivity contribution in [2.24, 2.45) is 0 Å². The van der Waals surface area contributed by atoms with Crippen LogP contribution in [0.15, 0.2) is 30.3 Å². The molecule has 2 aromatic heterocycles. The van der Waals surface area contributed by atoms with Gasteiger partial charge in [0.25, 0.3) is 0 Å². The summed E-state index contributed by atoms with van der Waals surface area (Å²) < 4.78 is 17.3. The zero-order valence-electron chi connectivity index (χ0n) is 18.1. The van der Waals surface area contributed by atoms with E-state index in [1.54, 1.807) is 6.07 Å². The number of H-pyrrole nitrogens is 1. The number of aliphatic hydroxyl groups excluding tert-OH is 2. The van der Waals surface area contributed by atoms with E-state index in [-0.39, 0.29) is 30.8 Å². The molecule has 0 amide bonds. The van der Waals surface area contributed by atoms with Gasteiger partial charge in [-0.05, 0) is 24.6 Å². The Bertz CT molecular complexity index is 1270. The fraction of sp³-hybridized carbons (Fsp3) is 0.417. The van der Waals surface area contributed by atoms with Crippen molar-refractivity contribution >= 4 is 28.3 Å². The van der Waals surface area contributed by atoms with Crippen LogP contribution in [0.5, 0.6) is 5.88 Å². The van der Waals surface area contributed by atoms with Crippen LogP contribution < -0.4 is 9.64 Å². The monoisotopic (exact) mass is 482 g/mol. The molecule has 3 aromatic rings. The predicted octanol–water partition coefficient (Wildman–Crippen LogP) is 2.23. The molecular formula is C24H23ClN4O5. The van der Waals surface area contributed by atoms with Gasteiger partial charge in [0.05, 0.1) is 35.6 Å². The maximum Gasteiger partial charge on any atom is 0.212 e. The van der Waals surface area contributed by atoms with Gasteiger partial charge in [-0.25, -0.2) is 4.98 Å². The summed E-state index contributed by atoms with van der Waals surface area (Å²) >= 11 is 6.57. The number of ether oxygens (including phenoxy) is 3. The van der Waals surface area contributed by atoms with Gasteiger partial charge >= 0.3 is 0 Å². The van der Waals surface area contributed by atoms with Gasteiger partial charge in [-0.2, -0.15) is 5.26 Å². The van der Waals surface area contributed by atoms with Crippen molar-refractivity contribution in [3.8, 4) is 23.2 Å². The van der Waals surface area contributed by atoms with E-state index in [1.807, 2.05) is 24.3 Å². The Morgan fingerprint density at radius 3 is 2.71 bits per heavy atom. The number of nitriles is 1. The van der Waals surface area contributed by atoms with Crippen LogP contribution in [0, 0.1) is 11.3 Å². The Kier molecular flexibility index (Phi) is 5.36. The van der Waals surface area contributed by atoms with Crippen LogP contribution in [0.1, 0.15) is 12.0 Å². The van der Waals surface area contributed by atoms with Crippen LogP contribution in [-0.4, -0.2) is 77.0 Å². The Morgan fingerprint density at radius 1 is 1.18 bits per heavy atom. The lowest BCUT2D eigenvalue weighted by Gasteiger charge is -2.18. The number of nitrogens with one attached hydrogen (secondary N) is 1. The van der Waals surface area contributed by atoms with Crippen molar-refractivity contribution in [2.45, 2.75) is 36.9 Å². The Labute approximate surface area is 200 Å². The second-order valence-corrected chi connectivity index (χ2v) is 9.32. The number of halogens is 1. The van der Waals surface area contributed by atoms with E-state index in [9.17, 15) is 15.5 Å². The summed E-state index contributed by atoms with van der Waals surface area (Å²) in [6, 6.07) is 11.8. The fourth-order valence-electron chi connectivity index (χ4n) is 4.96. The molecule has 0 unspecified atom stereocenters. The van der Waals surface area contributed by atoms with E-state index < -0.39 is 24.4 Å². The molecule has 10 heteroatoms. The first-order chi connectivity index (χ1) is 16.5. The number of hydrogen-bond donors (Lipinski definition) is 3. The molecule has 6 rings (SSSR count). The number of pyridine rings is 1. The average molecular weight is 483 g/mol. The lowest BCUT2D eigenvalue weighted by atomic mass is 10.1. The summed E-state index contributed by atoms with van der Waals surface area (Å²) in [5.74, 6) is 0.278. The minimum Gasteiger partial charge on any atom is -0.469 e. The first kappa shape index (κ1) is 21.6. The molecule has 3 aliphatic heterocycles. The number of nitrogens with zero attached hydrogens (tertiary/aromatic N) is 3. The van der Waals surface area contributed by atoms with Gasteiger partial charge in [0.1, 0.15) is 35.5 Å². The zero-order chi connectivity index (χ0) is 23.4. The number of β-amino-alcohol motifs (C(OH)–C–C–N with tert-alkyl or cyclic N) is 1. The second kappa shape index (κ2) is 8.41. The number of hydrogen-bond acceptors (Lipinski definition) is 8. The molecule has 0 spiro atoms. The topological polar surface area (TPSA) is 124 Å². The van der Waals surface area contributed by atoms with Crippen LogP contribution in [-0.2, 0) is 9.47 Å². The van der Waals surface area contributed by atoms with Crippen molar-refractivity contribution in [3.63, 3.8) is 0 Å².